The molecule has 6 unspecified atom stereocenters. The average Bonchev–Trinajstić information content (AvgIpc) is 2.72. The lowest BCUT2D eigenvalue weighted by molar-refractivity contribution is -0.260. The minimum atomic E-state index is -1.51. The van der Waals surface area contributed by atoms with E-state index in [1.807, 2.05) is 6.92 Å². The lowest BCUT2D eigenvalue weighted by atomic mass is 9.49. The summed E-state index contributed by atoms with van der Waals surface area (Å²) < 4.78 is 5.44. The zero-order valence-corrected chi connectivity index (χ0v) is 11.6. The summed E-state index contributed by atoms with van der Waals surface area (Å²) in [5, 5.41) is 20.8. The van der Waals surface area contributed by atoms with Gasteiger partial charge in [0, 0.05) is 25.0 Å². The Balaban J connectivity index is 2.29. The van der Waals surface area contributed by atoms with Gasteiger partial charge in [-0.05, 0) is 24.7 Å². The highest BCUT2D eigenvalue weighted by molar-refractivity contribution is 5.70. The van der Waals surface area contributed by atoms with Crippen LogP contribution in [0.1, 0.15) is 26.2 Å². The number of aliphatic hydroxyl groups excluding tert-OH is 1. The van der Waals surface area contributed by atoms with Crippen LogP contribution in [0.5, 0.6) is 0 Å². The molecule has 0 heterocycles. The van der Waals surface area contributed by atoms with Crippen molar-refractivity contribution < 1.29 is 19.7 Å². The molecule has 0 radical (unpaired) electrons. The van der Waals surface area contributed by atoms with E-state index >= 15 is 0 Å². The summed E-state index contributed by atoms with van der Waals surface area (Å²) in [6.45, 7) is 6.14. The van der Waals surface area contributed by atoms with Gasteiger partial charge in [-0.2, -0.15) is 0 Å². The number of fused-ring (bicyclic) bond motifs is 1. The number of aldehydes is 1. The molecular formula is C15H22O4. The van der Waals surface area contributed by atoms with Crippen LogP contribution in [0.3, 0.4) is 0 Å². The maximum Gasteiger partial charge on any atom is 0.185 e. The molecule has 3 fully saturated rings. The van der Waals surface area contributed by atoms with Crippen molar-refractivity contribution in [3.63, 3.8) is 0 Å². The number of methoxy groups -OCH3 is 1. The van der Waals surface area contributed by atoms with Crippen molar-refractivity contribution in [2.75, 3.05) is 13.7 Å². The first-order chi connectivity index (χ1) is 8.94. The SMILES string of the molecule is C=C1C2C(CO)C3CCCC1(C)C3(C=O)C2(O)OC. The van der Waals surface area contributed by atoms with Gasteiger partial charge in [0.15, 0.2) is 5.79 Å². The minimum absolute atomic E-state index is 0.0193. The molecule has 3 rings (SSSR count). The highest BCUT2D eigenvalue weighted by atomic mass is 16.6. The molecule has 0 aromatic heterocycles. The van der Waals surface area contributed by atoms with E-state index in [1.54, 1.807) is 0 Å². The second kappa shape index (κ2) is 3.68. The van der Waals surface area contributed by atoms with Crippen LogP contribution in [0.4, 0.5) is 0 Å². The van der Waals surface area contributed by atoms with Crippen molar-refractivity contribution in [1.29, 1.82) is 0 Å². The van der Waals surface area contributed by atoms with Gasteiger partial charge in [0.2, 0.25) is 0 Å². The van der Waals surface area contributed by atoms with Crippen molar-refractivity contribution in [3.8, 4) is 0 Å². The van der Waals surface area contributed by atoms with Crippen molar-refractivity contribution in [1.82, 2.24) is 0 Å². The summed E-state index contributed by atoms with van der Waals surface area (Å²) in [7, 11) is 1.45. The van der Waals surface area contributed by atoms with E-state index in [2.05, 4.69) is 6.58 Å². The Morgan fingerprint density at radius 3 is 2.79 bits per heavy atom. The summed E-state index contributed by atoms with van der Waals surface area (Å²) in [5.41, 5.74) is -0.500. The van der Waals surface area contributed by atoms with Gasteiger partial charge in [-0.3, -0.25) is 0 Å². The predicted octanol–water partition coefficient (Wildman–Crippen LogP) is 1.12. The number of hydrogen-bond donors (Lipinski definition) is 2. The fourth-order valence-corrected chi connectivity index (χ4v) is 5.61. The van der Waals surface area contributed by atoms with Gasteiger partial charge in [-0.15, -0.1) is 0 Å². The third-order valence-electron chi connectivity index (χ3n) is 6.44. The van der Waals surface area contributed by atoms with E-state index in [-0.39, 0.29) is 24.4 Å². The standard InChI is InChI=1S/C15H22O4/c1-9-12-10(7-16)11-5-4-6-13(9,2)14(11,8-17)15(12,18)19-3/h8,10-12,16,18H,1,4-7H2,2-3H3. The molecule has 0 amide bonds. The maximum absolute atomic E-state index is 12.0. The van der Waals surface area contributed by atoms with Crippen LogP contribution in [-0.2, 0) is 9.53 Å². The molecule has 6 atom stereocenters. The third kappa shape index (κ3) is 1.04. The second-order valence-corrected chi connectivity index (χ2v) is 6.57. The van der Waals surface area contributed by atoms with Gasteiger partial charge in [-0.25, -0.2) is 0 Å². The van der Waals surface area contributed by atoms with Crippen LogP contribution in [0, 0.1) is 28.6 Å². The molecule has 4 nitrogen and oxygen atoms in total. The van der Waals surface area contributed by atoms with Gasteiger partial charge in [-0.1, -0.05) is 25.5 Å². The number of rotatable bonds is 3. The molecule has 3 aliphatic rings. The van der Waals surface area contributed by atoms with E-state index in [4.69, 9.17) is 4.74 Å². The van der Waals surface area contributed by atoms with E-state index in [0.717, 1.165) is 31.1 Å². The number of aliphatic hydroxyl groups is 2. The smallest absolute Gasteiger partial charge is 0.185 e. The van der Waals surface area contributed by atoms with Crippen LogP contribution in [-0.4, -0.2) is 36.0 Å². The van der Waals surface area contributed by atoms with Crippen LogP contribution in [0.2, 0.25) is 0 Å². The van der Waals surface area contributed by atoms with E-state index < -0.39 is 16.6 Å². The molecule has 0 saturated heterocycles. The number of carbonyl (C=O) groups excluding carboxylic acids is 1. The fraction of sp³-hybridized carbons (Fsp3) is 0.800. The van der Waals surface area contributed by atoms with Crippen LogP contribution < -0.4 is 0 Å². The first-order valence-corrected chi connectivity index (χ1v) is 6.98. The Kier molecular flexibility index (Phi) is 2.58. The lowest BCUT2D eigenvalue weighted by Crippen LogP contribution is -2.57. The van der Waals surface area contributed by atoms with Crippen molar-refractivity contribution in [2.45, 2.75) is 32.0 Å². The third-order valence-corrected chi connectivity index (χ3v) is 6.44. The summed E-state index contributed by atoms with van der Waals surface area (Å²) in [6.07, 6.45) is 3.59. The van der Waals surface area contributed by atoms with E-state index in [1.165, 1.54) is 7.11 Å². The quantitative estimate of drug-likeness (QED) is 0.456. The first kappa shape index (κ1) is 13.3. The number of carbonyl (C=O) groups is 1. The van der Waals surface area contributed by atoms with Crippen LogP contribution in [0.25, 0.3) is 0 Å². The minimum Gasteiger partial charge on any atom is -0.396 e. The average molecular weight is 266 g/mol. The largest absolute Gasteiger partial charge is 0.396 e. The first-order valence-electron chi connectivity index (χ1n) is 6.98. The predicted molar refractivity (Wildman–Crippen MR) is 69.1 cm³/mol. The lowest BCUT2D eigenvalue weighted by Gasteiger charge is -2.53. The molecule has 0 aromatic carbocycles. The summed E-state index contributed by atoms with van der Waals surface area (Å²) in [5.74, 6) is -2.01. The molecule has 0 aliphatic heterocycles. The molecule has 19 heavy (non-hydrogen) atoms. The normalized spacial score (nSPS) is 55.6. The second-order valence-electron chi connectivity index (χ2n) is 6.57. The van der Waals surface area contributed by atoms with Gasteiger partial charge in [0.25, 0.3) is 0 Å². The molecule has 3 saturated carbocycles. The van der Waals surface area contributed by atoms with Crippen LogP contribution in [0.15, 0.2) is 12.2 Å². The van der Waals surface area contributed by atoms with Gasteiger partial charge in [0.05, 0.1) is 5.41 Å². The zero-order chi connectivity index (χ0) is 14.1. The number of ether oxygens (including phenoxy) is 1. The van der Waals surface area contributed by atoms with E-state index in [9.17, 15) is 15.0 Å². The molecule has 0 spiro atoms. The summed E-state index contributed by atoms with van der Waals surface area (Å²) in [4.78, 5) is 12.0. The monoisotopic (exact) mass is 266 g/mol. The summed E-state index contributed by atoms with van der Waals surface area (Å²) >= 11 is 0. The zero-order valence-electron chi connectivity index (χ0n) is 11.6. The van der Waals surface area contributed by atoms with E-state index in [0.29, 0.717) is 0 Å². The Morgan fingerprint density at radius 2 is 2.26 bits per heavy atom. The summed E-state index contributed by atoms with van der Waals surface area (Å²) in [6, 6.07) is 0. The fourth-order valence-electron chi connectivity index (χ4n) is 5.61. The van der Waals surface area contributed by atoms with Gasteiger partial charge < -0.3 is 19.7 Å². The topological polar surface area (TPSA) is 66.8 Å². The Bertz CT molecular complexity index is 447. The molecule has 0 aromatic rings. The molecular weight excluding hydrogens is 244 g/mol. The van der Waals surface area contributed by atoms with Crippen molar-refractivity contribution >= 4 is 6.29 Å². The maximum atomic E-state index is 12.0. The Hall–Kier alpha value is -0.710. The molecule has 2 bridgehead atoms. The van der Waals surface area contributed by atoms with Gasteiger partial charge in [0.1, 0.15) is 6.29 Å². The number of hydrogen-bond acceptors (Lipinski definition) is 4. The highest BCUT2D eigenvalue weighted by Gasteiger charge is 2.82. The molecule has 2 N–H and O–H groups in total. The van der Waals surface area contributed by atoms with Crippen LogP contribution >= 0.6 is 0 Å². The Morgan fingerprint density at radius 1 is 1.58 bits per heavy atom. The molecule has 106 valence electrons. The van der Waals surface area contributed by atoms with Crippen molar-refractivity contribution in [3.05, 3.63) is 12.2 Å². The Labute approximate surface area is 113 Å². The highest BCUT2D eigenvalue weighted by Crippen LogP contribution is 2.78. The molecule has 4 heteroatoms. The van der Waals surface area contributed by atoms with Gasteiger partial charge >= 0.3 is 0 Å². The molecule has 3 aliphatic carbocycles. The van der Waals surface area contributed by atoms with Crippen molar-refractivity contribution in [2.24, 2.45) is 28.6 Å².